The van der Waals surface area contributed by atoms with Gasteiger partial charge in [-0.15, -0.1) is 0 Å². The zero-order valence-electron chi connectivity index (χ0n) is 12.0. The molecule has 0 aliphatic carbocycles. The monoisotopic (exact) mass is 309 g/mol. The molecule has 21 heavy (non-hydrogen) atoms. The number of hydrogen-bond donors (Lipinski definition) is 3. The topological polar surface area (TPSA) is 99.8 Å². The van der Waals surface area contributed by atoms with Gasteiger partial charge >= 0.3 is 0 Å². The number of nitrogens with zero attached hydrogens (tertiary/aromatic N) is 2. The van der Waals surface area contributed by atoms with Crippen molar-refractivity contribution in [3.05, 3.63) is 41.3 Å². The third-order valence-electron chi connectivity index (χ3n) is 3.06. The van der Waals surface area contributed by atoms with Gasteiger partial charge in [0.15, 0.2) is 5.03 Å². The average Bonchev–Trinajstić information content (AvgIpc) is 2.86. The van der Waals surface area contributed by atoms with Gasteiger partial charge in [0.25, 0.3) is 10.0 Å². The molecule has 0 fully saturated rings. The lowest BCUT2D eigenvalue weighted by Gasteiger charge is -2.07. The highest BCUT2D eigenvalue weighted by Gasteiger charge is 2.23. The molecule has 0 saturated carbocycles. The Bertz CT molecular complexity index is 682. The van der Waals surface area contributed by atoms with Crippen molar-refractivity contribution in [1.29, 1.82) is 0 Å². The van der Waals surface area contributed by atoms with E-state index in [-0.39, 0.29) is 11.6 Å². The summed E-state index contributed by atoms with van der Waals surface area (Å²) in [6.45, 7) is 5.20. The van der Waals surface area contributed by atoms with Gasteiger partial charge in [0.1, 0.15) is 0 Å². The Kier molecular flexibility index (Phi) is 5.05. The van der Waals surface area contributed by atoms with Gasteiger partial charge in [-0.3, -0.25) is 10.1 Å². The van der Waals surface area contributed by atoms with E-state index >= 15 is 0 Å². The van der Waals surface area contributed by atoms with E-state index in [1.165, 1.54) is 0 Å². The van der Waals surface area contributed by atoms with Crippen LogP contribution < -0.4 is 10.0 Å². The molecule has 0 radical (unpaired) electrons. The second-order valence-electron chi connectivity index (χ2n) is 4.59. The summed E-state index contributed by atoms with van der Waals surface area (Å²) >= 11 is 0. The van der Waals surface area contributed by atoms with E-state index in [0.29, 0.717) is 12.1 Å². The summed E-state index contributed by atoms with van der Waals surface area (Å²) in [6, 6.07) is 3.52. The Morgan fingerprint density at radius 3 is 2.62 bits per heavy atom. The highest BCUT2D eigenvalue weighted by Crippen LogP contribution is 2.16. The third-order valence-corrected chi connectivity index (χ3v) is 4.43. The van der Waals surface area contributed by atoms with E-state index in [1.807, 2.05) is 13.8 Å². The van der Waals surface area contributed by atoms with Crippen molar-refractivity contribution < 1.29 is 8.42 Å². The molecule has 0 spiro atoms. The van der Waals surface area contributed by atoms with Crippen LogP contribution in [0.2, 0.25) is 0 Å². The Balaban J connectivity index is 2.16. The summed E-state index contributed by atoms with van der Waals surface area (Å²) in [5.41, 5.74) is 2.26. The molecule has 7 nitrogen and oxygen atoms in total. The minimum atomic E-state index is -3.65. The molecule has 0 atom stereocenters. The highest BCUT2D eigenvalue weighted by molar-refractivity contribution is 7.89. The molecule has 2 rings (SSSR count). The van der Waals surface area contributed by atoms with Crippen LogP contribution in [0, 0.1) is 6.92 Å². The van der Waals surface area contributed by atoms with Crippen molar-refractivity contribution in [3.63, 3.8) is 0 Å². The lowest BCUT2D eigenvalue weighted by molar-refractivity contribution is 0.574. The van der Waals surface area contributed by atoms with Crippen LogP contribution in [0.5, 0.6) is 0 Å². The Labute approximate surface area is 124 Å². The van der Waals surface area contributed by atoms with Crippen molar-refractivity contribution in [1.82, 2.24) is 25.2 Å². The van der Waals surface area contributed by atoms with Gasteiger partial charge < -0.3 is 5.32 Å². The number of nitrogens with one attached hydrogen (secondary N) is 3. The van der Waals surface area contributed by atoms with Gasteiger partial charge in [-0.25, -0.2) is 13.1 Å². The van der Waals surface area contributed by atoms with E-state index in [4.69, 9.17) is 0 Å². The van der Waals surface area contributed by atoms with E-state index in [2.05, 4.69) is 25.2 Å². The minimum Gasteiger partial charge on any atom is -0.313 e. The standard InChI is InChI=1S/C13H19N5O2S/c1-3-14-9-12-10(2)17-18-13(12)21(19,20)16-8-11-4-6-15-7-5-11/h4-7,14,16H,3,8-9H2,1-2H3,(H,17,18). The molecule has 0 saturated heterocycles. The second kappa shape index (κ2) is 6.79. The van der Waals surface area contributed by atoms with Gasteiger partial charge in [0, 0.05) is 36.7 Å². The molecule has 2 aromatic heterocycles. The van der Waals surface area contributed by atoms with Crippen LogP contribution in [0.4, 0.5) is 0 Å². The number of H-pyrrole nitrogens is 1. The Morgan fingerprint density at radius 1 is 1.24 bits per heavy atom. The van der Waals surface area contributed by atoms with Crippen LogP contribution in [0.15, 0.2) is 29.6 Å². The Hall–Kier alpha value is -1.77. The van der Waals surface area contributed by atoms with Crippen molar-refractivity contribution in [3.8, 4) is 0 Å². The first-order chi connectivity index (χ1) is 10.0. The molecule has 0 aliphatic heterocycles. The van der Waals surface area contributed by atoms with Gasteiger partial charge in [0.05, 0.1) is 0 Å². The fraction of sp³-hybridized carbons (Fsp3) is 0.385. The molecule has 2 aromatic rings. The van der Waals surface area contributed by atoms with Gasteiger partial charge in [-0.05, 0) is 31.2 Å². The van der Waals surface area contributed by atoms with Crippen LogP contribution in [0.3, 0.4) is 0 Å². The molecule has 114 valence electrons. The number of aryl methyl sites for hydroxylation is 1. The maximum atomic E-state index is 12.4. The predicted molar refractivity (Wildman–Crippen MR) is 79.0 cm³/mol. The molecular weight excluding hydrogens is 290 g/mol. The number of aromatic nitrogens is 3. The van der Waals surface area contributed by atoms with E-state index < -0.39 is 10.0 Å². The third kappa shape index (κ3) is 3.87. The highest BCUT2D eigenvalue weighted by atomic mass is 32.2. The summed E-state index contributed by atoms with van der Waals surface area (Å²) < 4.78 is 27.3. The summed E-state index contributed by atoms with van der Waals surface area (Å²) in [5.74, 6) is 0. The minimum absolute atomic E-state index is 0.0509. The predicted octanol–water partition coefficient (Wildman–Crippen LogP) is 0.701. The quantitative estimate of drug-likeness (QED) is 0.699. The SMILES string of the molecule is CCNCc1c(S(=O)(=O)NCc2ccncc2)n[nH]c1C. The summed E-state index contributed by atoms with van der Waals surface area (Å²) in [5, 5.41) is 9.82. The fourth-order valence-corrected chi connectivity index (χ4v) is 3.07. The molecule has 8 heteroatoms. The summed E-state index contributed by atoms with van der Waals surface area (Å²) in [6.07, 6.45) is 3.25. The zero-order chi connectivity index (χ0) is 15.3. The molecule has 3 N–H and O–H groups in total. The number of rotatable bonds is 7. The van der Waals surface area contributed by atoms with Crippen molar-refractivity contribution in [2.24, 2.45) is 0 Å². The van der Waals surface area contributed by atoms with Gasteiger partial charge in [0.2, 0.25) is 0 Å². The largest absolute Gasteiger partial charge is 0.313 e. The van der Waals surface area contributed by atoms with Crippen LogP contribution >= 0.6 is 0 Å². The maximum Gasteiger partial charge on any atom is 0.260 e. The number of pyridine rings is 1. The lowest BCUT2D eigenvalue weighted by Crippen LogP contribution is -2.25. The van der Waals surface area contributed by atoms with Crippen LogP contribution in [0.25, 0.3) is 0 Å². The van der Waals surface area contributed by atoms with Crippen molar-refractivity contribution in [2.75, 3.05) is 6.54 Å². The molecule has 0 amide bonds. The first-order valence-corrected chi connectivity index (χ1v) is 8.16. The summed E-state index contributed by atoms with van der Waals surface area (Å²) in [4.78, 5) is 3.90. The first-order valence-electron chi connectivity index (χ1n) is 6.67. The zero-order valence-corrected chi connectivity index (χ0v) is 12.9. The first kappa shape index (κ1) is 15.6. The lowest BCUT2D eigenvalue weighted by atomic mass is 10.2. The van der Waals surface area contributed by atoms with Crippen LogP contribution in [-0.4, -0.2) is 30.1 Å². The second-order valence-corrected chi connectivity index (χ2v) is 6.27. The van der Waals surface area contributed by atoms with E-state index in [0.717, 1.165) is 17.8 Å². The Morgan fingerprint density at radius 2 is 1.95 bits per heavy atom. The molecule has 0 aromatic carbocycles. The molecular formula is C13H19N5O2S. The molecule has 0 aliphatic rings. The number of aromatic amines is 1. The molecule has 0 unspecified atom stereocenters. The van der Waals surface area contributed by atoms with Gasteiger partial charge in [-0.1, -0.05) is 6.92 Å². The van der Waals surface area contributed by atoms with E-state index in [1.54, 1.807) is 24.5 Å². The molecule has 2 heterocycles. The number of sulfonamides is 1. The smallest absolute Gasteiger partial charge is 0.260 e. The maximum absolute atomic E-state index is 12.4. The molecule has 0 bridgehead atoms. The van der Waals surface area contributed by atoms with Crippen LogP contribution in [-0.2, 0) is 23.1 Å². The summed E-state index contributed by atoms with van der Waals surface area (Å²) in [7, 11) is -3.65. The van der Waals surface area contributed by atoms with Crippen molar-refractivity contribution in [2.45, 2.75) is 32.0 Å². The normalized spacial score (nSPS) is 11.7. The average molecular weight is 309 g/mol. The van der Waals surface area contributed by atoms with Crippen LogP contribution in [0.1, 0.15) is 23.7 Å². The van der Waals surface area contributed by atoms with Crippen molar-refractivity contribution >= 4 is 10.0 Å². The number of hydrogen-bond acceptors (Lipinski definition) is 5. The van der Waals surface area contributed by atoms with E-state index in [9.17, 15) is 8.42 Å². The van der Waals surface area contributed by atoms with Gasteiger partial charge in [-0.2, -0.15) is 5.10 Å². The fourth-order valence-electron chi connectivity index (χ4n) is 1.86.